The average Bonchev–Trinajstić information content (AvgIpc) is 3.31. The van der Waals surface area contributed by atoms with E-state index in [4.69, 9.17) is 9.47 Å². The zero-order valence-corrected chi connectivity index (χ0v) is 14.2. The highest BCUT2D eigenvalue weighted by molar-refractivity contribution is 5.42. The third-order valence-corrected chi connectivity index (χ3v) is 4.28. The molecule has 1 aromatic carbocycles. The Kier molecular flexibility index (Phi) is 4.86. The van der Waals surface area contributed by atoms with Crippen LogP contribution in [0.5, 0.6) is 11.5 Å². The summed E-state index contributed by atoms with van der Waals surface area (Å²) in [6.45, 7) is 4.48. The predicted molar refractivity (Wildman–Crippen MR) is 89.9 cm³/mol. The molecule has 0 radical (unpaired) electrons. The van der Waals surface area contributed by atoms with Gasteiger partial charge in [0.05, 0.1) is 13.7 Å². The molecular formula is C18H25N3O2. The van der Waals surface area contributed by atoms with Gasteiger partial charge in [-0.15, -0.1) is 0 Å². The summed E-state index contributed by atoms with van der Waals surface area (Å²) in [7, 11) is 3.72. The smallest absolute Gasteiger partial charge is 0.161 e. The van der Waals surface area contributed by atoms with E-state index in [2.05, 4.69) is 14.5 Å². The first kappa shape index (κ1) is 15.9. The van der Waals surface area contributed by atoms with Crippen LogP contribution in [0.1, 0.15) is 24.2 Å². The van der Waals surface area contributed by atoms with Crippen molar-refractivity contribution in [3.05, 3.63) is 42.0 Å². The Balaban J connectivity index is 1.56. The second kappa shape index (κ2) is 7.04. The highest BCUT2D eigenvalue weighted by atomic mass is 16.5. The molecule has 5 nitrogen and oxygen atoms in total. The SMILES string of the molecule is COc1cc(C)ccc1OCCN(Cc1nccn1C)C1CC1. The minimum atomic E-state index is 0.653. The lowest BCUT2D eigenvalue weighted by Gasteiger charge is -2.22. The van der Waals surface area contributed by atoms with Gasteiger partial charge < -0.3 is 14.0 Å². The molecule has 0 aliphatic heterocycles. The Morgan fingerprint density at radius 3 is 2.78 bits per heavy atom. The molecule has 0 atom stereocenters. The van der Waals surface area contributed by atoms with Crippen molar-refractivity contribution < 1.29 is 9.47 Å². The molecular weight excluding hydrogens is 290 g/mol. The maximum Gasteiger partial charge on any atom is 0.161 e. The lowest BCUT2D eigenvalue weighted by Crippen LogP contribution is -2.31. The zero-order valence-electron chi connectivity index (χ0n) is 14.2. The normalized spacial score (nSPS) is 14.3. The van der Waals surface area contributed by atoms with Gasteiger partial charge in [-0.3, -0.25) is 4.90 Å². The van der Waals surface area contributed by atoms with Crippen molar-refractivity contribution in [3.8, 4) is 11.5 Å². The molecule has 1 aliphatic rings. The molecule has 0 amide bonds. The number of aryl methyl sites for hydroxylation is 2. The average molecular weight is 315 g/mol. The van der Waals surface area contributed by atoms with Crippen LogP contribution < -0.4 is 9.47 Å². The molecule has 0 bridgehead atoms. The van der Waals surface area contributed by atoms with Gasteiger partial charge in [0.2, 0.25) is 0 Å². The van der Waals surface area contributed by atoms with Crippen LogP contribution in [-0.4, -0.2) is 40.8 Å². The van der Waals surface area contributed by atoms with Crippen molar-refractivity contribution >= 4 is 0 Å². The molecule has 1 aliphatic carbocycles. The lowest BCUT2D eigenvalue weighted by atomic mass is 10.2. The van der Waals surface area contributed by atoms with Crippen LogP contribution in [-0.2, 0) is 13.6 Å². The van der Waals surface area contributed by atoms with Crippen molar-refractivity contribution in [2.75, 3.05) is 20.3 Å². The second-order valence-corrected chi connectivity index (χ2v) is 6.16. The lowest BCUT2D eigenvalue weighted by molar-refractivity contribution is 0.187. The van der Waals surface area contributed by atoms with Gasteiger partial charge in [0.15, 0.2) is 11.5 Å². The number of aromatic nitrogens is 2. The largest absolute Gasteiger partial charge is 0.493 e. The Labute approximate surface area is 137 Å². The maximum absolute atomic E-state index is 5.95. The van der Waals surface area contributed by atoms with Crippen molar-refractivity contribution in [1.29, 1.82) is 0 Å². The second-order valence-electron chi connectivity index (χ2n) is 6.16. The van der Waals surface area contributed by atoms with Crippen molar-refractivity contribution in [1.82, 2.24) is 14.5 Å². The summed E-state index contributed by atoms with van der Waals surface area (Å²) in [6.07, 6.45) is 6.40. The molecule has 0 N–H and O–H groups in total. The fraction of sp³-hybridized carbons (Fsp3) is 0.500. The maximum atomic E-state index is 5.95. The molecule has 3 rings (SSSR count). The molecule has 23 heavy (non-hydrogen) atoms. The van der Waals surface area contributed by atoms with E-state index in [0.717, 1.165) is 30.4 Å². The molecule has 5 heteroatoms. The summed E-state index contributed by atoms with van der Waals surface area (Å²) in [4.78, 5) is 6.89. The number of ether oxygens (including phenoxy) is 2. The van der Waals surface area contributed by atoms with Crippen LogP contribution in [0.25, 0.3) is 0 Å². The molecule has 1 fully saturated rings. The van der Waals surface area contributed by atoms with Gasteiger partial charge in [-0.25, -0.2) is 4.98 Å². The first-order chi connectivity index (χ1) is 11.2. The van der Waals surface area contributed by atoms with Crippen molar-refractivity contribution in [2.45, 2.75) is 32.4 Å². The number of methoxy groups -OCH3 is 1. The monoisotopic (exact) mass is 315 g/mol. The van der Waals surface area contributed by atoms with Gasteiger partial charge >= 0.3 is 0 Å². The van der Waals surface area contributed by atoms with Gasteiger partial charge in [-0.05, 0) is 37.5 Å². The van der Waals surface area contributed by atoms with Gasteiger partial charge in [0.1, 0.15) is 12.4 Å². The summed E-state index contributed by atoms with van der Waals surface area (Å²) in [5.41, 5.74) is 1.17. The van der Waals surface area contributed by atoms with E-state index in [1.165, 1.54) is 18.4 Å². The molecule has 1 aromatic heterocycles. The quantitative estimate of drug-likeness (QED) is 0.751. The number of benzene rings is 1. The van der Waals surface area contributed by atoms with Crippen molar-refractivity contribution in [2.24, 2.45) is 7.05 Å². The van der Waals surface area contributed by atoms with E-state index in [1.54, 1.807) is 7.11 Å². The Bertz CT molecular complexity index is 649. The molecule has 124 valence electrons. The Morgan fingerprint density at radius 1 is 1.30 bits per heavy atom. The number of hydrogen-bond donors (Lipinski definition) is 0. The molecule has 0 saturated heterocycles. The van der Waals surface area contributed by atoms with Crippen LogP contribution >= 0.6 is 0 Å². The van der Waals surface area contributed by atoms with Crippen LogP contribution in [0, 0.1) is 6.92 Å². The minimum Gasteiger partial charge on any atom is -0.493 e. The third kappa shape index (κ3) is 4.05. The summed E-state index contributed by atoms with van der Waals surface area (Å²) in [6, 6.07) is 6.70. The van der Waals surface area contributed by atoms with Gasteiger partial charge in [0, 0.05) is 32.0 Å². The topological polar surface area (TPSA) is 39.5 Å². The van der Waals surface area contributed by atoms with E-state index in [0.29, 0.717) is 12.6 Å². The van der Waals surface area contributed by atoms with Crippen LogP contribution in [0.4, 0.5) is 0 Å². The van der Waals surface area contributed by atoms with E-state index in [-0.39, 0.29) is 0 Å². The van der Waals surface area contributed by atoms with Gasteiger partial charge in [-0.1, -0.05) is 6.07 Å². The standard InChI is InChI=1S/C18H25N3O2/c1-14-4-7-16(17(12-14)22-3)23-11-10-21(15-5-6-15)13-18-19-8-9-20(18)2/h4,7-9,12,15H,5-6,10-11,13H2,1-3H3. The molecule has 1 heterocycles. The van der Waals surface area contributed by atoms with Crippen LogP contribution in [0.3, 0.4) is 0 Å². The summed E-state index contributed by atoms with van der Waals surface area (Å²) < 4.78 is 13.4. The van der Waals surface area contributed by atoms with E-state index in [1.807, 2.05) is 44.6 Å². The number of imidazole rings is 1. The molecule has 0 unspecified atom stereocenters. The van der Waals surface area contributed by atoms with Gasteiger partial charge in [0.25, 0.3) is 0 Å². The highest BCUT2D eigenvalue weighted by Gasteiger charge is 2.29. The number of hydrogen-bond acceptors (Lipinski definition) is 4. The predicted octanol–water partition coefficient (Wildman–Crippen LogP) is 2.78. The molecule has 0 spiro atoms. The summed E-state index contributed by atoms with van der Waals surface area (Å²) in [5.74, 6) is 2.71. The molecule has 1 saturated carbocycles. The van der Waals surface area contributed by atoms with Crippen molar-refractivity contribution in [3.63, 3.8) is 0 Å². The third-order valence-electron chi connectivity index (χ3n) is 4.28. The van der Waals surface area contributed by atoms with E-state index >= 15 is 0 Å². The first-order valence-corrected chi connectivity index (χ1v) is 8.15. The Hall–Kier alpha value is -2.01. The summed E-state index contributed by atoms with van der Waals surface area (Å²) >= 11 is 0. The first-order valence-electron chi connectivity index (χ1n) is 8.15. The highest BCUT2D eigenvalue weighted by Crippen LogP contribution is 2.29. The number of nitrogens with zero attached hydrogens (tertiary/aromatic N) is 3. The van der Waals surface area contributed by atoms with E-state index in [9.17, 15) is 0 Å². The Morgan fingerprint density at radius 2 is 2.13 bits per heavy atom. The number of rotatable bonds is 8. The van der Waals surface area contributed by atoms with Crippen LogP contribution in [0.15, 0.2) is 30.6 Å². The van der Waals surface area contributed by atoms with E-state index < -0.39 is 0 Å². The fourth-order valence-corrected chi connectivity index (χ4v) is 2.73. The fourth-order valence-electron chi connectivity index (χ4n) is 2.73. The minimum absolute atomic E-state index is 0.653. The van der Waals surface area contributed by atoms with Gasteiger partial charge in [-0.2, -0.15) is 0 Å². The summed E-state index contributed by atoms with van der Waals surface area (Å²) in [5, 5.41) is 0. The zero-order chi connectivity index (χ0) is 16.2. The van der Waals surface area contributed by atoms with Crippen LogP contribution in [0.2, 0.25) is 0 Å². The molecule has 2 aromatic rings.